The second-order valence-electron chi connectivity index (χ2n) is 7.19. The van der Waals surface area contributed by atoms with E-state index in [4.69, 9.17) is 4.74 Å². The molecule has 1 amide bonds. The van der Waals surface area contributed by atoms with Crippen LogP contribution in [0.1, 0.15) is 29.0 Å². The molecule has 0 aliphatic carbocycles. The van der Waals surface area contributed by atoms with Gasteiger partial charge in [0.15, 0.2) is 5.82 Å². The van der Waals surface area contributed by atoms with Gasteiger partial charge >= 0.3 is 0 Å². The van der Waals surface area contributed by atoms with Crippen molar-refractivity contribution in [3.8, 4) is 17.0 Å². The number of piperidine rings is 1. The number of benzene rings is 1. The van der Waals surface area contributed by atoms with Crippen LogP contribution < -0.4 is 15.0 Å². The van der Waals surface area contributed by atoms with Crippen molar-refractivity contribution >= 4 is 11.7 Å². The van der Waals surface area contributed by atoms with Gasteiger partial charge in [-0.15, -0.1) is 5.10 Å². The lowest BCUT2D eigenvalue weighted by Gasteiger charge is -2.33. The summed E-state index contributed by atoms with van der Waals surface area (Å²) in [6.45, 7) is 3.54. The molecule has 8 heteroatoms. The van der Waals surface area contributed by atoms with Crippen molar-refractivity contribution in [2.75, 3.05) is 25.1 Å². The van der Waals surface area contributed by atoms with Gasteiger partial charge in [-0.05, 0) is 50.1 Å². The molecule has 4 rings (SSSR count). The summed E-state index contributed by atoms with van der Waals surface area (Å²) in [4.78, 5) is 14.9. The Hall–Kier alpha value is -3.42. The van der Waals surface area contributed by atoms with Gasteiger partial charge in [-0.3, -0.25) is 9.89 Å². The number of carbonyl (C=O) groups is 1. The number of anilines is 1. The summed E-state index contributed by atoms with van der Waals surface area (Å²) >= 11 is 0. The second kappa shape index (κ2) is 8.30. The van der Waals surface area contributed by atoms with E-state index in [-0.39, 0.29) is 11.9 Å². The van der Waals surface area contributed by atoms with Crippen molar-refractivity contribution in [3.63, 3.8) is 0 Å². The van der Waals surface area contributed by atoms with Crippen LogP contribution >= 0.6 is 0 Å². The molecular formula is C21H24N6O2. The third-order valence-electron chi connectivity index (χ3n) is 5.05. The highest BCUT2D eigenvalue weighted by Gasteiger charge is 2.23. The molecule has 1 unspecified atom stereocenters. The van der Waals surface area contributed by atoms with Gasteiger partial charge in [0.25, 0.3) is 5.91 Å². The van der Waals surface area contributed by atoms with Crippen molar-refractivity contribution in [1.82, 2.24) is 25.7 Å². The maximum Gasteiger partial charge on any atom is 0.269 e. The molecule has 1 saturated heterocycles. The minimum Gasteiger partial charge on any atom is -0.497 e. The van der Waals surface area contributed by atoms with Crippen molar-refractivity contribution in [1.29, 1.82) is 0 Å². The molecule has 0 saturated carbocycles. The van der Waals surface area contributed by atoms with Crippen molar-refractivity contribution in [3.05, 3.63) is 53.9 Å². The Kier molecular flexibility index (Phi) is 5.41. The highest BCUT2D eigenvalue weighted by Crippen LogP contribution is 2.23. The monoisotopic (exact) mass is 392 g/mol. The van der Waals surface area contributed by atoms with Gasteiger partial charge in [0.1, 0.15) is 11.4 Å². The molecule has 0 radical (unpaired) electrons. The zero-order valence-electron chi connectivity index (χ0n) is 16.6. The number of hydrogen-bond acceptors (Lipinski definition) is 6. The maximum absolute atomic E-state index is 12.7. The summed E-state index contributed by atoms with van der Waals surface area (Å²) < 4.78 is 5.25. The molecule has 29 heavy (non-hydrogen) atoms. The molecule has 3 heterocycles. The van der Waals surface area contributed by atoms with E-state index in [0.29, 0.717) is 17.9 Å². The molecular weight excluding hydrogens is 368 g/mol. The Morgan fingerprint density at radius 2 is 2.14 bits per heavy atom. The van der Waals surface area contributed by atoms with Crippen LogP contribution in [0.25, 0.3) is 11.3 Å². The van der Waals surface area contributed by atoms with Gasteiger partial charge in [-0.2, -0.15) is 10.2 Å². The summed E-state index contributed by atoms with van der Waals surface area (Å²) in [5, 5.41) is 18.6. The molecule has 8 nitrogen and oxygen atoms in total. The molecule has 0 bridgehead atoms. The Balaban J connectivity index is 1.41. The van der Waals surface area contributed by atoms with E-state index in [1.165, 1.54) is 0 Å². The molecule has 2 N–H and O–H groups in total. The number of nitrogens with zero attached hydrogens (tertiary/aromatic N) is 4. The Bertz CT molecular complexity index is 985. The first-order valence-electron chi connectivity index (χ1n) is 9.68. The van der Waals surface area contributed by atoms with Crippen LogP contribution in [0, 0.1) is 6.92 Å². The zero-order valence-corrected chi connectivity index (χ0v) is 16.6. The van der Waals surface area contributed by atoms with Gasteiger partial charge < -0.3 is 15.0 Å². The molecule has 3 aromatic rings. The maximum atomic E-state index is 12.7. The SMILES string of the molecule is COc1cccc(-c2cc(C(=O)NC3CCCN(c4ccc(C)nn4)C3)[nH]n2)c1. The lowest BCUT2D eigenvalue weighted by atomic mass is 10.1. The highest BCUT2D eigenvalue weighted by molar-refractivity contribution is 5.93. The lowest BCUT2D eigenvalue weighted by molar-refractivity contribution is 0.0928. The lowest BCUT2D eigenvalue weighted by Crippen LogP contribution is -2.48. The number of aromatic nitrogens is 4. The van der Waals surface area contributed by atoms with Crippen molar-refractivity contribution in [2.24, 2.45) is 0 Å². The standard InChI is InChI=1S/C21H24N6O2/c1-14-8-9-20(26-23-14)27-10-4-6-16(13-27)22-21(28)19-12-18(24-25-19)15-5-3-7-17(11-15)29-2/h3,5,7-9,11-12,16H,4,6,10,13H2,1-2H3,(H,22,28)(H,24,25). The number of amides is 1. The largest absolute Gasteiger partial charge is 0.497 e. The van der Waals surface area contributed by atoms with E-state index in [1.54, 1.807) is 13.2 Å². The first-order chi connectivity index (χ1) is 14.1. The van der Waals surface area contributed by atoms with Crippen LogP contribution in [0.5, 0.6) is 5.75 Å². The predicted molar refractivity (Wildman–Crippen MR) is 110 cm³/mol. The van der Waals surface area contributed by atoms with Crippen LogP contribution in [0.4, 0.5) is 5.82 Å². The molecule has 1 atom stereocenters. The summed E-state index contributed by atoms with van der Waals surface area (Å²) in [5.41, 5.74) is 2.92. The van der Waals surface area contributed by atoms with E-state index in [2.05, 4.69) is 30.6 Å². The molecule has 1 aliphatic heterocycles. The molecule has 1 aliphatic rings. The molecule has 2 aromatic heterocycles. The van der Waals surface area contributed by atoms with Crippen LogP contribution in [-0.2, 0) is 0 Å². The Morgan fingerprint density at radius 1 is 1.24 bits per heavy atom. The van der Waals surface area contributed by atoms with Gasteiger partial charge in [0.2, 0.25) is 0 Å². The topological polar surface area (TPSA) is 96.0 Å². The number of ether oxygens (including phenoxy) is 1. The summed E-state index contributed by atoms with van der Waals surface area (Å²) in [7, 11) is 1.62. The molecule has 1 fully saturated rings. The van der Waals surface area contributed by atoms with E-state index >= 15 is 0 Å². The third-order valence-corrected chi connectivity index (χ3v) is 5.05. The third kappa shape index (κ3) is 4.37. The number of methoxy groups -OCH3 is 1. The summed E-state index contributed by atoms with van der Waals surface area (Å²) in [5.74, 6) is 1.43. The fourth-order valence-electron chi connectivity index (χ4n) is 3.50. The molecule has 0 spiro atoms. The summed E-state index contributed by atoms with van der Waals surface area (Å²) in [6, 6.07) is 13.3. The number of nitrogens with one attached hydrogen (secondary N) is 2. The van der Waals surface area contributed by atoms with Gasteiger partial charge in [0.05, 0.1) is 18.5 Å². The number of H-pyrrole nitrogens is 1. The van der Waals surface area contributed by atoms with E-state index in [1.807, 2.05) is 43.3 Å². The molecule has 150 valence electrons. The smallest absolute Gasteiger partial charge is 0.269 e. The average Bonchev–Trinajstić information content (AvgIpc) is 3.25. The normalized spacial score (nSPS) is 16.5. The molecule has 1 aromatic carbocycles. The number of aryl methyl sites for hydroxylation is 1. The van der Waals surface area contributed by atoms with Crippen LogP contribution in [-0.4, -0.2) is 52.5 Å². The van der Waals surface area contributed by atoms with E-state index in [9.17, 15) is 4.79 Å². The number of aromatic amines is 1. The quantitative estimate of drug-likeness (QED) is 0.693. The van der Waals surface area contributed by atoms with E-state index < -0.39 is 0 Å². The fraction of sp³-hybridized carbons (Fsp3) is 0.333. The second-order valence-corrected chi connectivity index (χ2v) is 7.19. The average molecular weight is 392 g/mol. The number of rotatable bonds is 5. The fourth-order valence-corrected chi connectivity index (χ4v) is 3.50. The first-order valence-corrected chi connectivity index (χ1v) is 9.68. The number of hydrogen-bond donors (Lipinski definition) is 2. The first kappa shape index (κ1) is 18.9. The van der Waals surface area contributed by atoms with Crippen LogP contribution in [0.15, 0.2) is 42.5 Å². The minimum atomic E-state index is -0.159. The zero-order chi connectivity index (χ0) is 20.2. The predicted octanol–water partition coefficient (Wildman–Crippen LogP) is 2.58. The summed E-state index contributed by atoms with van der Waals surface area (Å²) in [6.07, 6.45) is 1.91. The minimum absolute atomic E-state index is 0.0444. The van der Waals surface area contributed by atoms with Crippen molar-refractivity contribution < 1.29 is 9.53 Å². The van der Waals surface area contributed by atoms with Crippen LogP contribution in [0.3, 0.4) is 0 Å². The van der Waals surface area contributed by atoms with Gasteiger partial charge in [-0.1, -0.05) is 12.1 Å². The van der Waals surface area contributed by atoms with Crippen molar-refractivity contribution in [2.45, 2.75) is 25.8 Å². The highest BCUT2D eigenvalue weighted by atomic mass is 16.5. The van der Waals surface area contributed by atoms with E-state index in [0.717, 1.165) is 42.2 Å². The van der Waals surface area contributed by atoms with Gasteiger partial charge in [0, 0.05) is 24.7 Å². The Labute approximate surface area is 169 Å². The van der Waals surface area contributed by atoms with Gasteiger partial charge in [-0.25, -0.2) is 0 Å². The Morgan fingerprint density at radius 3 is 2.93 bits per heavy atom. The number of carbonyl (C=O) groups excluding carboxylic acids is 1. The van der Waals surface area contributed by atoms with Crippen LogP contribution in [0.2, 0.25) is 0 Å².